The quantitative estimate of drug-likeness (QED) is 0.334. The smallest absolute Gasteiger partial charge is 0.201 e. The third-order valence-electron chi connectivity index (χ3n) is 5.85. The van der Waals surface area contributed by atoms with Crippen LogP contribution in [0.15, 0.2) is 30.3 Å². The van der Waals surface area contributed by atoms with E-state index >= 15 is 0 Å². The number of aliphatic hydroxyl groups is 5. The van der Waals surface area contributed by atoms with E-state index in [0.29, 0.717) is 5.56 Å². The zero-order chi connectivity index (χ0) is 21.7. The van der Waals surface area contributed by atoms with E-state index < -0.39 is 61.2 Å². The number of hydrogen-bond donors (Lipinski definition) is 7. The van der Waals surface area contributed by atoms with Gasteiger partial charge in [-0.15, -0.1) is 0 Å². The lowest BCUT2D eigenvalue weighted by atomic mass is 9.71. The van der Waals surface area contributed by atoms with Crippen LogP contribution < -0.4 is 0 Å². The highest BCUT2D eigenvalue weighted by atomic mass is 16.5. The van der Waals surface area contributed by atoms with Gasteiger partial charge in [0.15, 0.2) is 0 Å². The van der Waals surface area contributed by atoms with Crippen LogP contribution in [0.1, 0.15) is 38.5 Å². The van der Waals surface area contributed by atoms with Gasteiger partial charge in [-0.25, -0.2) is 0 Å². The van der Waals surface area contributed by atoms with Crippen LogP contribution in [0.2, 0.25) is 0 Å². The maximum Gasteiger partial charge on any atom is 0.201 e. The number of ether oxygens (including phenoxy) is 1. The summed E-state index contributed by atoms with van der Waals surface area (Å²) in [5.74, 6) is -2.34. The number of carbonyl (C=O) groups is 1. The van der Waals surface area contributed by atoms with Crippen LogP contribution in [0.4, 0.5) is 0 Å². The standard InChI is InChI=1S/C21H22O9/c22-6-8-4-10-14(21-20(29)19(28)17(26)13(7-23)30-21)9-2-1-3-11(24)15(9)18(27)16(10)12(25)5-8/h1-5,13-14,17,19-26,28-29H,6-7H2/t13-,14+,17+,19+,20+,21+/m0/s1. The van der Waals surface area contributed by atoms with Gasteiger partial charge in [0, 0.05) is 5.92 Å². The molecule has 2 aliphatic rings. The Hall–Kier alpha value is -2.53. The lowest BCUT2D eigenvalue weighted by molar-refractivity contribution is -0.232. The van der Waals surface area contributed by atoms with Crippen molar-refractivity contribution < 1.29 is 45.3 Å². The summed E-state index contributed by atoms with van der Waals surface area (Å²) in [6.45, 7) is -1.06. The second kappa shape index (κ2) is 7.62. The van der Waals surface area contributed by atoms with E-state index in [4.69, 9.17) is 4.74 Å². The van der Waals surface area contributed by atoms with Crippen molar-refractivity contribution in [1.29, 1.82) is 0 Å². The zero-order valence-corrected chi connectivity index (χ0v) is 15.7. The van der Waals surface area contributed by atoms with E-state index in [-0.39, 0.29) is 28.0 Å². The van der Waals surface area contributed by atoms with E-state index in [9.17, 15) is 40.5 Å². The molecule has 1 aliphatic carbocycles. The van der Waals surface area contributed by atoms with Crippen molar-refractivity contribution in [2.75, 3.05) is 6.61 Å². The Bertz CT molecular complexity index is 987. The topological polar surface area (TPSA) is 168 Å². The molecule has 0 aromatic heterocycles. The van der Waals surface area contributed by atoms with Crippen LogP contribution >= 0.6 is 0 Å². The molecule has 0 unspecified atom stereocenters. The van der Waals surface area contributed by atoms with E-state index in [0.717, 1.165) is 0 Å². The van der Waals surface area contributed by atoms with Crippen molar-refractivity contribution in [3.05, 3.63) is 58.1 Å². The first-order valence-electron chi connectivity index (χ1n) is 9.43. The third kappa shape index (κ3) is 2.99. The van der Waals surface area contributed by atoms with Crippen LogP contribution in [0.3, 0.4) is 0 Å². The second-order valence-electron chi connectivity index (χ2n) is 7.58. The molecule has 2 aromatic carbocycles. The molecular weight excluding hydrogens is 396 g/mol. The van der Waals surface area contributed by atoms with Crippen LogP contribution in [0, 0.1) is 0 Å². The normalized spacial score (nSPS) is 30.6. The summed E-state index contributed by atoms with van der Waals surface area (Å²) in [5, 5.41) is 71.0. The summed E-state index contributed by atoms with van der Waals surface area (Å²) in [6.07, 6.45) is -7.22. The minimum absolute atomic E-state index is 0.0843. The number of aromatic hydroxyl groups is 2. The van der Waals surface area contributed by atoms with E-state index in [2.05, 4.69) is 0 Å². The molecule has 6 atom stereocenters. The Balaban J connectivity index is 1.96. The molecule has 30 heavy (non-hydrogen) atoms. The minimum atomic E-state index is -1.64. The Morgan fingerprint density at radius 1 is 0.867 bits per heavy atom. The predicted molar refractivity (Wildman–Crippen MR) is 101 cm³/mol. The maximum absolute atomic E-state index is 13.1. The number of rotatable bonds is 3. The van der Waals surface area contributed by atoms with Gasteiger partial charge >= 0.3 is 0 Å². The predicted octanol–water partition coefficient (Wildman–Crippen LogP) is -0.891. The van der Waals surface area contributed by atoms with E-state index in [1.165, 1.54) is 24.3 Å². The number of hydrogen-bond acceptors (Lipinski definition) is 9. The van der Waals surface area contributed by atoms with Gasteiger partial charge in [0.05, 0.1) is 30.4 Å². The number of phenols is 2. The van der Waals surface area contributed by atoms with Crippen LogP contribution in [0.25, 0.3) is 0 Å². The number of ketones is 1. The summed E-state index contributed by atoms with van der Waals surface area (Å²) in [5.41, 5.74) is 0.609. The summed E-state index contributed by atoms with van der Waals surface area (Å²) < 4.78 is 5.73. The molecule has 1 heterocycles. The number of aliphatic hydroxyl groups excluding tert-OH is 5. The van der Waals surface area contributed by atoms with Crippen molar-refractivity contribution in [2.45, 2.75) is 43.0 Å². The first-order valence-corrected chi connectivity index (χ1v) is 9.43. The van der Waals surface area contributed by atoms with Crippen molar-refractivity contribution in [3.8, 4) is 11.5 Å². The van der Waals surface area contributed by atoms with Gasteiger partial charge < -0.3 is 40.5 Å². The molecular formula is C21H22O9. The van der Waals surface area contributed by atoms with Crippen LogP contribution in [-0.4, -0.2) is 78.7 Å². The fourth-order valence-corrected chi connectivity index (χ4v) is 4.41. The van der Waals surface area contributed by atoms with Gasteiger partial charge in [-0.1, -0.05) is 18.2 Å². The second-order valence-corrected chi connectivity index (χ2v) is 7.58. The van der Waals surface area contributed by atoms with Gasteiger partial charge in [0.1, 0.15) is 35.9 Å². The van der Waals surface area contributed by atoms with Gasteiger partial charge in [-0.2, -0.15) is 0 Å². The van der Waals surface area contributed by atoms with E-state index in [1.807, 2.05) is 0 Å². The molecule has 160 valence electrons. The molecule has 1 fully saturated rings. The highest BCUT2D eigenvalue weighted by molar-refractivity contribution is 6.16. The van der Waals surface area contributed by atoms with Gasteiger partial charge in [-0.3, -0.25) is 4.79 Å². The monoisotopic (exact) mass is 418 g/mol. The first kappa shape index (κ1) is 20.7. The Morgan fingerprint density at radius 2 is 1.57 bits per heavy atom. The molecule has 7 N–H and O–H groups in total. The fourth-order valence-electron chi connectivity index (χ4n) is 4.41. The average molecular weight is 418 g/mol. The molecule has 9 nitrogen and oxygen atoms in total. The average Bonchev–Trinajstić information content (AvgIpc) is 2.73. The Morgan fingerprint density at radius 3 is 2.23 bits per heavy atom. The summed E-state index contributed by atoms with van der Waals surface area (Å²) >= 11 is 0. The van der Waals surface area contributed by atoms with Crippen molar-refractivity contribution in [1.82, 2.24) is 0 Å². The molecule has 0 amide bonds. The van der Waals surface area contributed by atoms with E-state index in [1.54, 1.807) is 6.07 Å². The van der Waals surface area contributed by atoms with Crippen molar-refractivity contribution >= 4 is 5.78 Å². The highest BCUT2D eigenvalue weighted by Gasteiger charge is 2.50. The summed E-state index contributed by atoms with van der Waals surface area (Å²) in [6, 6.07) is 7.06. The number of phenolic OH excluding ortho intramolecular Hbond substituents is 2. The minimum Gasteiger partial charge on any atom is -0.507 e. The highest BCUT2D eigenvalue weighted by Crippen LogP contribution is 2.47. The number of benzene rings is 2. The third-order valence-corrected chi connectivity index (χ3v) is 5.85. The van der Waals surface area contributed by atoms with Gasteiger partial charge in [0.2, 0.25) is 5.78 Å². The lowest BCUT2D eigenvalue weighted by Gasteiger charge is -2.45. The molecule has 0 saturated carbocycles. The van der Waals surface area contributed by atoms with Gasteiger partial charge in [-0.05, 0) is 28.8 Å². The molecule has 2 aromatic rings. The number of carbonyl (C=O) groups excluding carboxylic acids is 1. The molecule has 0 spiro atoms. The van der Waals surface area contributed by atoms with Crippen molar-refractivity contribution in [3.63, 3.8) is 0 Å². The summed E-state index contributed by atoms with van der Waals surface area (Å²) in [4.78, 5) is 13.1. The zero-order valence-electron chi connectivity index (χ0n) is 15.7. The van der Waals surface area contributed by atoms with Crippen LogP contribution in [0.5, 0.6) is 11.5 Å². The largest absolute Gasteiger partial charge is 0.507 e. The maximum atomic E-state index is 13.1. The Labute approximate surface area is 171 Å². The molecule has 0 radical (unpaired) electrons. The first-order chi connectivity index (χ1) is 14.3. The molecule has 9 heteroatoms. The summed E-state index contributed by atoms with van der Waals surface area (Å²) in [7, 11) is 0. The fraction of sp³-hybridized carbons (Fsp3) is 0.381. The SMILES string of the molecule is O=C1c2c(O)cccc2[C@@H]([C@H]2O[C@@H](CO)[C@@H](O)[C@@H](O)[C@H]2O)c2cc(CO)cc(O)c21. The molecule has 4 rings (SSSR count). The molecule has 1 saturated heterocycles. The molecule has 0 bridgehead atoms. The van der Waals surface area contributed by atoms with Crippen LogP contribution in [-0.2, 0) is 11.3 Å². The van der Waals surface area contributed by atoms with Gasteiger partial charge in [0.25, 0.3) is 0 Å². The lowest BCUT2D eigenvalue weighted by Crippen LogP contribution is -2.60. The Kier molecular flexibility index (Phi) is 5.27. The van der Waals surface area contributed by atoms with Crippen molar-refractivity contribution in [2.24, 2.45) is 0 Å². The number of fused-ring (bicyclic) bond motifs is 2. The molecule has 1 aliphatic heterocycles.